The maximum absolute atomic E-state index is 10.5. The molecule has 1 atom stereocenters. The normalized spacial score (nSPS) is 22.9. The number of rotatable bonds is 5. The van der Waals surface area contributed by atoms with E-state index in [-0.39, 0.29) is 12.6 Å². The molecule has 5 heteroatoms. The second kappa shape index (κ2) is 6.18. The van der Waals surface area contributed by atoms with Crippen LogP contribution < -0.4 is 0 Å². The molecule has 0 bridgehead atoms. The van der Waals surface area contributed by atoms with Gasteiger partial charge >= 0.3 is 5.97 Å². The molecule has 0 saturated carbocycles. The van der Waals surface area contributed by atoms with Gasteiger partial charge in [-0.2, -0.15) is 0 Å². The van der Waals surface area contributed by atoms with E-state index < -0.39 is 5.97 Å². The molecule has 1 saturated heterocycles. The van der Waals surface area contributed by atoms with Gasteiger partial charge in [0.2, 0.25) is 0 Å². The van der Waals surface area contributed by atoms with E-state index in [2.05, 4.69) is 18.7 Å². The molecule has 0 aliphatic carbocycles. The van der Waals surface area contributed by atoms with Crippen LogP contribution >= 0.6 is 0 Å². The SMILES string of the molecule is CC(C)N1CCOC(CN(C)CC(=O)O)C1. The molecule has 0 aromatic heterocycles. The van der Waals surface area contributed by atoms with Crippen molar-refractivity contribution in [1.82, 2.24) is 9.80 Å². The number of aliphatic carboxylic acids is 1. The Morgan fingerprint density at radius 2 is 2.31 bits per heavy atom. The molecule has 1 aliphatic rings. The summed E-state index contributed by atoms with van der Waals surface area (Å²) in [6, 6.07) is 0.524. The lowest BCUT2D eigenvalue weighted by molar-refractivity contribution is -0.138. The number of ether oxygens (including phenoxy) is 1. The molecule has 1 heterocycles. The standard InChI is InChI=1S/C11H22N2O3/c1-9(2)13-4-5-16-10(7-13)6-12(3)8-11(14)15/h9-10H,4-8H2,1-3H3,(H,14,15). The first-order chi connectivity index (χ1) is 7.49. The zero-order chi connectivity index (χ0) is 12.1. The summed E-state index contributed by atoms with van der Waals surface area (Å²) in [7, 11) is 1.81. The molecule has 0 radical (unpaired) electrons. The van der Waals surface area contributed by atoms with E-state index in [1.165, 1.54) is 0 Å². The molecule has 1 fully saturated rings. The molecule has 94 valence electrons. The third-order valence-corrected chi connectivity index (χ3v) is 2.82. The molecule has 0 amide bonds. The number of carboxylic acids is 1. The third kappa shape index (κ3) is 4.47. The highest BCUT2D eigenvalue weighted by atomic mass is 16.5. The molecule has 1 rings (SSSR count). The molecular formula is C11H22N2O3. The lowest BCUT2D eigenvalue weighted by Crippen LogP contribution is -2.49. The zero-order valence-corrected chi connectivity index (χ0v) is 10.3. The van der Waals surface area contributed by atoms with Gasteiger partial charge in [0.25, 0.3) is 0 Å². The molecule has 1 unspecified atom stereocenters. The summed E-state index contributed by atoms with van der Waals surface area (Å²) in [6.45, 7) is 7.69. The van der Waals surface area contributed by atoms with Gasteiger partial charge in [-0.3, -0.25) is 14.6 Å². The number of carboxylic acid groups (broad SMARTS) is 1. The predicted octanol–water partition coefficient (Wildman–Crippen LogP) is 0.112. The van der Waals surface area contributed by atoms with E-state index >= 15 is 0 Å². The summed E-state index contributed by atoms with van der Waals surface area (Å²) >= 11 is 0. The summed E-state index contributed by atoms with van der Waals surface area (Å²) in [5, 5.41) is 8.66. The zero-order valence-electron chi connectivity index (χ0n) is 10.3. The molecular weight excluding hydrogens is 208 g/mol. The smallest absolute Gasteiger partial charge is 0.317 e. The van der Waals surface area contributed by atoms with Gasteiger partial charge < -0.3 is 9.84 Å². The number of likely N-dealkylation sites (N-methyl/N-ethyl adjacent to an activating group) is 1. The van der Waals surface area contributed by atoms with Crippen LogP contribution in [0.5, 0.6) is 0 Å². The van der Waals surface area contributed by atoms with E-state index in [1.807, 2.05) is 7.05 Å². The Balaban J connectivity index is 2.33. The molecule has 0 spiro atoms. The predicted molar refractivity (Wildman–Crippen MR) is 61.6 cm³/mol. The van der Waals surface area contributed by atoms with Crippen LogP contribution in [0.4, 0.5) is 0 Å². The summed E-state index contributed by atoms with van der Waals surface area (Å²) in [5.74, 6) is -0.793. The number of nitrogens with zero attached hydrogens (tertiary/aromatic N) is 2. The minimum absolute atomic E-state index is 0.0710. The van der Waals surface area contributed by atoms with E-state index in [0.29, 0.717) is 12.6 Å². The fourth-order valence-corrected chi connectivity index (χ4v) is 1.96. The number of hydrogen-bond acceptors (Lipinski definition) is 4. The Kier molecular flexibility index (Phi) is 5.18. The van der Waals surface area contributed by atoms with Crippen LogP contribution in [0.15, 0.2) is 0 Å². The highest BCUT2D eigenvalue weighted by molar-refractivity contribution is 5.68. The van der Waals surface area contributed by atoms with Crippen LogP contribution in [0.1, 0.15) is 13.8 Å². The minimum Gasteiger partial charge on any atom is -0.480 e. The fraction of sp³-hybridized carbons (Fsp3) is 0.909. The van der Waals surface area contributed by atoms with Crippen LogP contribution in [-0.2, 0) is 9.53 Å². The topological polar surface area (TPSA) is 53.0 Å². The highest BCUT2D eigenvalue weighted by Crippen LogP contribution is 2.09. The van der Waals surface area contributed by atoms with Gasteiger partial charge in [0, 0.05) is 25.7 Å². The molecule has 1 aliphatic heterocycles. The molecule has 16 heavy (non-hydrogen) atoms. The van der Waals surface area contributed by atoms with Crippen molar-refractivity contribution in [2.24, 2.45) is 0 Å². The minimum atomic E-state index is -0.793. The van der Waals surface area contributed by atoms with Gasteiger partial charge in [0.1, 0.15) is 0 Å². The monoisotopic (exact) mass is 230 g/mol. The lowest BCUT2D eigenvalue weighted by atomic mass is 10.2. The first-order valence-electron chi connectivity index (χ1n) is 5.75. The second-order valence-electron chi connectivity index (χ2n) is 4.67. The Hall–Kier alpha value is -0.650. The Morgan fingerprint density at radius 1 is 1.62 bits per heavy atom. The van der Waals surface area contributed by atoms with Crippen molar-refractivity contribution in [3.05, 3.63) is 0 Å². The van der Waals surface area contributed by atoms with E-state index in [9.17, 15) is 4.79 Å². The quantitative estimate of drug-likeness (QED) is 0.726. The van der Waals surface area contributed by atoms with Crippen LogP contribution in [0.25, 0.3) is 0 Å². The van der Waals surface area contributed by atoms with Gasteiger partial charge in [-0.1, -0.05) is 0 Å². The van der Waals surface area contributed by atoms with E-state index in [0.717, 1.165) is 19.7 Å². The first-order valence-corrected chi connectivity index (χ1v) is 5.75. The van der Waals surface area contributed by atoms with Crippen molar-refractivity contribution in [3.63, 3.8) is 0 Å². The summed E-state index contributed by atoms with van der Waals surface area (Å²) in [4.78, 5) is 14.7. The molecule has 0 aromatic carbocycles. The molecule has 0 aromatic rings. The summed E-state index contributed by atoms with van der Waals surface area (Å²) in [5.41, 5.74) is 0. The third-order valence-electron chi connectivity index (χ3n) is 2.82. The van der Waals surface area contributed by atoms with E-state index in [1.54, 1.807) is 4.90 Å². The van der Waals surface area contributed by atoms with Crippen molar-refractivity contribution >= 4 is 5.97 Å². The van der Waals surface area contributed by atoms with Crippen molar-refractivity contribution in [2.75, 3.05) is 39.8 Å². The van der Waals surface area contributed by atoms with E-state index in [4.69, 9.17) is 9.84 Å². The van der Waals surface area contributed by atoms with Crippen LogP contribution in [0.3, 0.4) is 0 Å². The molecule has 5 nitrogen and oxygen atoms in total. The van der Waals surface area contributed by atoms with Crippen molar-refractivity contribution in [1.29, 1.82) is 0 Å². The average molecular weight is 230 g/mol. The number of carbonyl (C=O) groups is 1. The summed E-state index contributed by atoms with van der Waals surface area (Å²) in [6.07, 6.45) is 0.125. The van der Waals surface area contributed by atoms with Crippen molar-refractivity contribution < 1.29 is 14.6 Å². The Labute approximate surface area is 97.0 Å². The Morgan fingerprint density at radius 3 is 2.88 bits per heavy atom. The van der Waals surface area contributed by atoms with Gasteiger partial charge in [0.05, 0.1) is 19.3 Å². The molecule has 1 N–H and O–H groups in total. The Bertz CT molecular complexity index is 233. The van der Waals surface area contributed by atoms with Crippen LogP contribution in [0, 0.1) is 0 Å². The number of morpholine rings is 1. The van der Waals surface area contributed by atoms with Gasteiger partial charge in [-0.05, 0) is 20.9 Å². The lowest BCUT2D eigenvalue weighted by Gasteiger charge is -2.36. The van der Waals surface area contributed by atoms with Gasteiger partial charge in [-0.15, -0.1) is 0 Å². The highest BCUT2D eigenvalue weighted by Gasteiger charge is 2.23. The maximum atomic E-state index is 10.5. The van der Waals surface area contributed by atoms with Gasteiger partial charge in [0.15, 0.2) is 0 Å². The average Bonchev–Trinajstić information content (AvgIpc) is 2.16. The summed E-state index contributed by atoms with van der Waals surface area (Å²) < 4.78 is 5.63. The van der Waals surface area contributed by atoms with Crippen molar-refractivity contribution in [2.45, 2.75) is 26.0 Å². The first kappa shape index (κ1) is 13.4. The second-order valence-corrected chi connectivity index (χ2v) is 4.67. The van der Waals surface area contributed by atoms with Crippen molar-refractivity contribution in [3.8, 4) is 0 Å². The van der Waals surface area contributed by atoms with Gasteiger partial charge in [-0.25, -0.2) is 0 Å². The largest absolute Gasteiger partial charge is 0.480 e. The fourth-order valence-electron chi connectivity index (χ4n) is 1.96. The van der Waals surface area contributed by atoms with Crippen LogP contribution in [0.2, 0.25) is 0 Å². The maximum Gasteiger partial charge on any atom is 0.317 e. The van der Waals surface area contributed by atoms with Crippen LogP contribution in [-0.4, -0.2) is 72.9 Å². The number of hydrogen-bond donors (Lipinski definition) is 1.